The van der Waals surface area contributed by atoms with Crippen LogP contribution in [0.3, 0.4) is 0 Å². The molecule has 0 bridgehead atoms. The lowest BCUT2D eigenvalue weighted by molar-refractivity contribution is -0.0512. The van der Waals surface area contributed by atoms with Crippen molar-refractivity contribution in [3.05, 3.63) is 53.9 Å². The van der Waals surface area contributed by atoms with Crippen molar-refractivity contribution in [3.63, 3.8) is 0 Å². The lowest BCUT2D eigenvalue weighted by Gasteiger charge is -2.30. The summed E-state index contributed by atoms with van der Waals surface area (Å²) in [5.41, 5.74) is 2.18. The van der Waals surface area contributed by atoms with Gasteiger partial charge in [-0.3, -0.25) is 9.88 Å². The Morgan fingerprint density at radius 3 is 2.65 bits per heavy atom. The highest BCUT2D eigenvalue weighted by Crippen LogP contribution is 2.34. The molecule has 4 nitrogen and oxygen atoms in total. The molecule has 2 heterocycles. The molecule has 0 aliphatic carbocycles. The van der Waals surface area contributed by atoms with Gasteiger partial charge in [0.05, 0.1) is 7.11 Å². The number of alkyl halides is 2. The van der Waals surface area contributed by atoms with E-state index >= 15 is 0 Å². The van der Waals surface area contributed by atoms with Crippen LogP contribution in [0.1, 0.15) is 42.9 Å². The maximum Gasteiger partial charge on any atom is 0.387 e. The van der Waals surface area contributed by atoms with Crippen molar-refractivity contribution in [1.29, 1.82) is 0 Å². The van der Waals surface area contributed by atoms with Crippen molar-refractivity contribution in [2.75, 3.05) is 13.7 Å². The van der Waals surface area contributed by atoms with E-state index in [1.54, 1.807) is 12.1 Å². The minimum absolute atomic E-state index is 0.0790. The molecule has 0 spiro atoms. The van der Waals surface area contributed by atoms with Crippen molar-refractivity contribution in [3.8, 4) is 11.5 Å². The second-order valence-electron chi connectivity index (χ2n) is 6.48. The third-order valence-electron chi connectivity index (χ3n) is 4.78. The number of methoxy groups -OCH3 is 1. The normalized spacial score (nSPS) is 18.5. The van der Waals surface area contributed by atoms with Crippen LogP contribution in [-0.2, 0) is 6.54 Å². The molecule has 1 saturated heterocycles. The highest BCUT2D eigenvalue weighted by Gasteiger charge is 2.23. The first-order valence-corrected chi connectivity index (χ1v) is 8.93. The van der Waals surface area contributed by atoms with Gasteiger partial charge in [0.2, 0.25) is 0 Å². The van der Waals surface area contributed by atoms with E-state index in [1.807, 2.05) is 18.5 Å². The van der Waals surface area contributed by atoms with Crippen LogP contribution in [0.4, 0.5) is 8.78 Å². The van der Waals surface area contributed by atoms with Gasteiger partial charge in [-0.2, -0.15) is 8.78 Å². The Hall–Kier alpha value is -2.21. The molecule has 0 unspecified atom stereocenters. The fourth-order valence-corrected chi connectivity index (χ4v) is 3.56. The van der Waals surface area contributed by atoms with Crippen LogP contribution >= 0.6 is 0 Å². The fourth-order valence-electron chi connectivity index (χ4n) is 3.56. The minimum Gasteiger partial charge on any atom is -0.493 e. The van der Waals surface area contributed by atoms with Crippen LogP contribution < -0.4 is 9.47 Å². The summed E-state index contributed by atoms with van der Waals surface area (Å²) in [5.74, 6) is 0.394. The van der Waals surface area contributed by atoms with Gasteiger partial charge in [0.15, 0.2) is 11.5 Å². The number of hydrogen-bond donors (Lipinski definition) is 0. The van der Waals surface area contributed by atoms with Gasteiger partial charge in [0, 0.05) is 25.0 Å². The molecule has 2 aromatic rings. The van der Waals surface area contributed by atoms with Crippen LogP contribution in [0.5, 0.6) is 11.5 Å². The number of halogens is 2. The largest absolute Gasteiger partial charge is 0.493 e. The van der Waals surface area contributed by atoms with Crippen LogP contribution in [0, 0.1) is 0 Å². The Labute approximate surface area is 152 Å². The topological polar surface area (TPSA) is 34.6 Å². The van der Waals surface area contributed by atoms with Gasteiger partial charge in [-0.05, 0) is 54.8 Å². The van der Waals surface area contributed by atoms with Crippen molar-refractivity contribution in [2.24, 2.45) is 0 Å². The summed E-state index contributed by atoms with van der Waals surface area (Å²) in [5, 5.41) is 0. The maximum atomic E-state index is 12.7. The fraction of sp³-hybridized carbons (Fsp3) is 0.450. The molecule has 0 N–H and O–H groups in total. The van der Waals surface area contributed by atoms with E-state index in [4.69, 9.17) is 4.74 Å². The molecule has 140 valence electrons. The van der Waals surface area contributed by atoms with E-state index in [1.165, 1.54) is 25.5 Å². The lowest BCUT2D eigenvalue weighted by atomic mass is 10.0. The molecule has 1 aromatic heterocycles. The van der Waals surface area contributed by atoms with Crippen LogP contribution in [0.15, 0.2) is 42.7 Å². The van der Waals surface area contributed by atoms with Crippen molar-refractivity contribution in [1.82, 2.24) is 9.88 Å². The number of ether oxygens (including phenoxy) is 2. The molecule has 1 aliphatic heterocycles. The van der Waals surface area contributed by atoms with Gasteiger partial charge >= 0.3 is 6.61 Å². The maximum absolute atomic E-state index is 12.7. The zero-order valence-corrected chi connectivity index (χ0v) is 14.9. The molecule has 1 aromatic carbocycles. The Morgan fingerprint density at radius 1 is 1.12 bits per heavy atom. The van der Waals surface area contributed by atoms with E-state index < -0.39 is 6.61 Å². The number of likely N-dealkylation sites (tertiary alicyclic amines) is 1. The number of nitrogens with zero attached hydrogens (tertiary/aromatic N) is 2. The summed E-state index contributed by atoms with van der Waals surface area (Å²) in [6.45, 7) is -1.22. The molecular formula is C20H24F2N2O2. The second-order valence-corrected chi connectivity index (χ2v) is 6.48. The van der Waals surface area contributed by atoms with E-state index in [9.17, 15) is 8.78 Å². The van der Waals surface area contributed by atoms with Crippen LogP contribution in [-0.4, -0.2) is 30.1 Å². The molecule has 0 radical (unpaired) electrons. The Morgan fingerprint density at radius 2 is 1.92 bits per heavy atom. The van der Waals surface area contributed by atoms with Gasteiger partial charge in [-0.1, -0.05) is 18.9 Å². The number of hydrogen-bond acceptors (Lipinski definition) is 4. The highest BCUT2D eigenvalue weighted by molar-refractivity contribution is 5.43. The molecule has 26 heavy (non-hydrogen) atoms. The van der Waals surface area contributed by atoms with Gasteiger partial charge in [0.25, 0.3) is 0 Å². The molecule has 0 saturated carbocycles. The standard InChI is InChI=1S/C20H24F2N2O2/c1-25-18-7-6-15(13-19(18)26-20(21)22)14-24-12-4-2-3-5-17(24)16-8-10-23-11-9-16/h6-11,13,17,20H,2-5,12,14H2,1H3/t17-/m1/s1. The quantitative estimate of drug-likeness (QED) is 0.739. The average Bonchev–Trinajstić information content (AvgIpc) is 2.88. The molecular weight excluding hydrogens is 338 g/mol. The molecule has 1 fully saturated rings. The SMILES string of the molecule is COc1ccc(CN2CCCCC[C@@H]2c2ccncc2)cc1OC(F)F. The van der Waals surface area contributed by atoms with Crippen molar-refractivity contribution in [2.45, 2.75) is 44.9 Å². The smallest absolute Gasteiger partial charge is 0.387 e. The summed E-state index contributed by atoms with van der Waals surface area (Å²) >= 11 is 0. The first kappa shape index (κ1) is 18.6. The predicted octanol–water partition coefficient (Wildman–Crippen LogP) is 4.81. The number of rotatable bonds is 6. The summed E-state index contributed by atoms with van der Waals surface area (Å²) in [7, 11) is 1.45. The highest BCUT2D eigenvalue weighted by atomic mass is 19.3. The summed E-state index contributed by atoms with van der Waals surface area (Å²) in [4.78, 5) is 6.52. The first-order valence-electron chi connectivity index (χ1n) is 8.93. The van der Waals surface area contributed by atoms with Crippen LogP contribution in [0.2, 0.25) is 0 Å². The zero-order chi connectivity index (χ0) is 18.4. The lowest BCUT2D eigenvalue weighted by Crippen LogP contribution is -2.28. The van der Waals surface area contributed by atoms with E-state index in [0.717, 1.165) is 24.9 Å². The molecule has 1 atom stereocenters. The van der Waals surface area contributed by atoms with Gasteiger partial charge in [-0.15, -0.1) is 0 Å². The van der Waals surface area contributed by atoms with E-state index in [0.29, 0.717) is 18.3 Å². The summed E-state index contributed by atoms with van der Waals surface area (Å²) in [6.07, 6.45) is 8.26. The molecule has 1 aliphatic rings. The average molecular weight is 362 g/mol. The van der Waals surface area contributed by atoms with E-state index in [2.05, 4.69) is 26.8 Å². The summed E-state index contributed by atoms with van der Waals surface area (Å²) in [6, 6.07) is 9.67. The molecule has 6 heteroatoms. The van der Waals surface area contributed by atoms with Crippen molar-refractivity contribution >= 4 is 0 Å². The van der Waals surface area contributed by atoms with Crippen LogP contribution in [0.25, 0.3) is 0 Å². The van der Waals surface area contributed by atoms with Gasteiger partial charge in [0.1, 0.15) is 0 Å². The monoisotopic (exact) mass is 362 g/mol. The van der Waals surface area contributed by atoms with Gasteiger partial charge < -0.3 is 9.47 Å². The predicted molar refractivity (Wildman–Crippen MR) is 95.5 cm³/mol. The van der Waals surface area contributed by atoms with E-state index in [-0.39, 0.29) is 5.75 Å². The molecule has 0 amide bonds. The first-order chi connectivity index (χ1) is 12.7. The third kappa shape index (κ3) is 4.69. The van der Waals surface area contributed by atoms with Gasteiger partial charge in [-0.25, -0.2) is 0 Å². The number of aromatic nitrogens is 1. The Balaban J connectivity index is 1.82. The molecule has 3 rings (SSSR count). The zero-order valence-electron chi connectivity index (χ0n) is 14.9. The third-order valence-corrected chi connectivity index (χ3v) is 4.78. The summed E-state index contributed by atoms with van der Waals surface area (Å²) < 4.78 is 35.1. The number of benzene rings is 1. The Bertz CT molecular complexity index is 697. The van der Waals surface area contributed by atoms with Crippen molar-refractivity contribution < 1.29 is 18.3 Å². The minimum atomic E-state index is -2.87. The number of pyridine rings is 1. The Kier molecular flexibility index (Phi) is 6.39. The second kappa shape index (κ2) is 8.94.